The van der Waals surface area contributed by atoms with E-state index in [1.807, 2.05) is 7.05 Å². The van der Waals surface area contributed by atoms with Crippen LogP contribution in [0, 0.1) is 12.8 Å². The fourth-order valence-electron chi connectivity index (χ4n) is 4.80. The van der Waals surface area contributed by atoms with Crippen LogP contribution in [0.25, 0.3) is 0 Å². The molecule has 0 amide bonds. The zero-order chi connectivity index (χ0) is 22.5. The molecule has 2 aromatic carbocycles. The van der Waals surface area contributed by atoms with Crippen LogP contribution in [-0.4, -0.2) is 51.8 Å². The molecule has 0 bridgehead atoms. The van der Waals surface area contributed by atoms with E-state index in [4.69, 9.17) is 14.2 Å². The Bertz CT molecular complexity index is 949. The van der Waals surface area contributed by atoms with E-state index in [1.54, 1.807) is 14.2 Å². The summed E-state index contributed by atoms with van der Waals surface area (Å²) in [5.74, 6) is 2.93. The first-order valence-electron chi connectivity index (χ1n) is 11.5. The van der Waals surface area contributed by atoms with E-state index in [0.717, 1.165) is 63.0 Å². The summed E-state index contributed by atoms with van der Waals surface area (Å²) in [5, 5.41) is 3.64. The van der Waals surface area contributed by atoms with Crippen LogP contribution in [0.4, 0.5) is 0 Å². The van der Waals surface area contributed by atoms with E-state index in [9.17, 15) is 0 Å². The largest absolute Gasteiger partial charge is 0.493 e. The van der Waals surface area contributed by atoms with Crippen molar-refractivity contribution in [2.45, 2.75) is 38.8 Å². The van der Waals surface area contributed by atoms with Crippen molar-refractivity contribution in [2.75, 3.05) is 41.0 Å². The van der Waals surface area contributed by atoms with E-state index in [-0.39, 0.29) is 30.1 Å². The van der Waals surface area contributed by atoms with Gasteiger partial charge >= 0.3 is 0 Å². The van der Waals surface area contributed by atoms with Gasteiger partial charge in [-0.15, -0.1) is 24.0 Å². The molecule has 0 saturated carbocycles. The standard InChI is InChI=1S/C26H35N3O3.HI/c1-18-7-9-19(10-8-18)25-21(6-5-13-32-25)16-28-26(27-2)29-12-11-20-14-23(30-3)24(31-4)15-22(20)17-29;/h7-10,14-15,21,25H,5-6,11-13,16-17H2,1-4H3,(H,27,28);1H. The van der Waals surface area contributed by atoms with Crippen LogP contribution in [0.5, 0.6) is 11.5 Å². The molecule has 6 nitrogen and oxygen atoms in total. The van der Waals surface area contributed by atoms with Crippen LogP contribution in [0.3, 0.4) is 0 Å². The zero-order valence-electron chi connectivity index (χ0n) is 20.1. The molecular weight excluding hydrogens is 529 g/mol. The number of nitrogens with one attached hydrogen (secondary N) is 1. The minimum absolute atomic E-state index is 0. The Balaban J connectivity index is 0.00000306. The predicted molar refractivity (Wildman–Crippen MR) is 143 cm³/mol. The molecule has 180 valence electrons. The first-order chi connectivity index (χ1) is 15.6. The lowest BCUT2D eigenvalue weighted by Gasteiger charge is -2.35. The number of methoxy groups -OCH3 is 2. The highest BCUT2D eigenvalue weighted by Crippen LogP contribution is 2.34. The van der Waals surface area contributed by atoms with Gasteiger partial charge in [0.05, 0.1) is 20.3 Å². The fraction of sp³-hybridized carbons (Fsp3) is 0.500. The molecule has 0 aromatic heterocycles. The van der Waals surface area contributed by atoms with Gasteiger partial charge in [-0.25, -0.2) is 0 Å². The van der Waals surface area contributed by atoms with Crippen LogP contribution in [0.1, 0.15) is 41.2 Å². The van der Waals surface area contributed by atoms with Gasteiger partial charge in [0.25, 0.3) is 0 Å². The quantitative estimate of drug-likeness (QED) is 0.323. The maximum absolute atomic E-state index is 6.20. The SMILES string of the molecule is CN=C(NCC1CCCOC1c1ccc(C)cc1)N1CCc2cc(OC)c(OC)cc2C1.I. The molecular formula is C26H36IN3O3. The average molecular weight is 565 g/mol. The number of aliphatic imine (C=N–C) groups is 1. The van der Waals surface area contributed by atoms with E-state index in [1.165, 1.54) is 22.3 Å². The molecule has 7 heteroatoms. The summed E-state index contributed by atoms with van der Waals surface area (Å²) >= 11 is 0. The number of nitrogens with zero attached hydrogens (tertiary/aromatic N) is 2. The van der Waals surface area contributed by atoms with Crippen molar-refractivity contribution in [3.05, 3.63) is 58.7 Å². The summed E-state index contributed by atoms with van der Waals surface area (Å²) in [6.07, 6.45) is 3.34. The molecule has 1 fully saturated rings. The fourth-order valence-corrected chi connectivity index (χ4v) is 4.80. The third kappa shape index (κ3) is 5.93. The van der Waals surface area contributed by atoms with Crippen LogP contribution in [0.15, 0.2) is 41.4 Å². The molecule has 33 heavy (non-hydrogen) atoms. The lowest BCUT2D eigenvalue weighted by Crippen LogP contribution is -2.46. The number of fused-ring (bicyclic) bond motifs is 1. The zero-order valence-corrected chi connectivity index (χ0v) is 22.4. The minimum atomic E-state index is 0. The maximum atomic E-state index is 6.20. The van der Waals surface area contributed by atoms with Gasteiger partial charge in [0, 0.05) is 39.2 Å². The van der Waals surface area contributed by atoms with Crippen molar-refractivity contribution in [1.82, 2.24) is 10.2 Å². The number of hydrogen-bond donors (Lipinski definition) is 1. The van der Waals surface area contributed by atoms with Gasteiger partial charge < -0.3 is 24.4 Å². The average Bonchev–Trinajstić information content (AvgIpc) is 2.84. The maximum Gasteiger partial charge on any atom is 0.193 e. The van der Waals surface area contributed by atoms with Crippen molar-refractivity contribution in [1.29, 1.82) is 0 Å². The lowest BCUT2D eigenvalue weighted by molar-refractivity contribution is -0.0267. The Morgan fingerprint density at radius 3 is 2.48 bits per heavy atom. The summed E-state index contributed by atoms with van der Waals surface area (Å²) in [5.41, 5.74) is 5.12. The van der Waals surface area contributed by atoms with E-state index in [0.29, 0.717) is 5.92 Å². The van der Waals surface area contributed by atoms with E-state index < -0.39 is 0 Å². The second kappa shape index (κ2) is 11.9. The number of halogens is 1. The Morgan fingerprint density at radius 2 is 1.82 bits per heavy atom. The molecule has 2 atom stereocenters. The second-order valence-corrected chi connectivity index (χ2v) is 8.68. The van der Waals surface area contributed by atoms with Gasteiger partial charge in [0.15, 0.2) is 17.5 Å². The van der Waals surface area contributed by atoms with Gasteiger partial charge in [-0.3, -0.25) is 4.99 Å². The molecule has 2 heterocycles. The summed E-state index contributed by atoms with van der Waals surface area (Å²) in [4.78, 5) is 6.91. The van der Waals surface area contributed by atoms with Crippen LogP contribution in [-0.2, 0) is 17.7 Å². The number of benzene rings is 2. The lowest BCUT2D eigenvalue weighted by atomic mass is 9.89. The second-order valence-electron chi connectivity index (χ2n) is 8.68. The van der Waals surface area contributed by atoms with Crippen molar-refractivity contribution < 1.29 is 14.2 Å². The van der Waals surface area contributed by atoms with E-state index >= 15 is 0 Å². The molecule has 2 aliphatic heterocycles. The van der Waals surface area contributed by atoms with E-state index in [2.05, 4.69) is 58.5 Å². The van der Waals surface area contributed by atoms with Crippen molar-refractivity contribution in [2.24, 2.45) is 10.9 Å². The van der Waals surface area contributed by atoms with Crippen molar-refractivity contribution in [3.8, 4) is 11.5 Å². The van der Waals surface area contributed by atoms with Gasteiger partial charge in [0.2, 0.25) is 0 Å². The van der Waals surface area contributed by atoms with Gasteiger partial charge in [-0.05, 0) is 55.0 Å². The third-order valence-electron chi connectivity index (χ3n) is 6.60. The third-order valence-corrected chi connectivity index (χ3v) is 6.60. The molecule has 2 aliphatic rings. The van der Waals surface area contributed by atoms with Crippen LogP contribution in [0.2, 0.25) is 0 Å². The number of guanidine groups is 1. The molecule has 1 saturated heterocycles. The monoisotopic (exact) mass is 565 g/mol. The smallest absolute Gasteiger partial charge is 0.193 e. The Morgan fingerprint density at radius 1 is 1.12 bits per heavy atom. The first kappa shape index (κ1) is 25.6. The highest BCUT2D eigenvalue weighted by atomic mass is 127. The number of rotatable bonds is 5. The topological polar surface area (TPSA) is 55.3 Å². The summed E-state index contributed by atoms with van der Waals surface area (Å²) in [6.45, 7) is 5.53. The normalized spacial score (nSPS) is 20.5. The summed E-state index contributed by atoms with van der Waals surface area (Å²) in [7, 11) is 5.23. The molecule has 1 N–H and O–H groups in total. The Kier molecular flexibility index (Phi) is 9.26. The molecule has 0 radical (unpaired) electrons. The predicted octanol–water partition coefficient (Wildman–Crippen LogP) is 4.73. The first-order valence-corrected chi connectivity index (χ1v) is 11.5. The number of hydrogen-bond acceptors (Lipinski definition) is 4. The van der Waals surface area contributed by atoms with Crippen molar-refractivity contribution >= 4 is 29.9 Å². The van der Waals surface area contributed by atoms with Gasteiger partial charge in [0.1, 0.15) is 0 Å². The summed E-state index contributed by atoms with van der Waals surface area (Å²) in [6, 6.07) is 13.0. The van der Waals surface area contributed by atoms with Gasteiger partial charge in [-0.1, -0.05) is 29.8 Å². The van der Waals surface area contributed by atoms with Crippen molar-refractivity contribution in [3.63, 3.8) is 0 Å². The molecule has 0 spiro atoms. The minimum Gasteiger partial charge on any atom is -0.493 e. The summed E-state index contributed by atoms with van der Waals surface area (Å²) < 4.78 is 17.2. The Labute approximate surface area is 214 Å². The molecule has 4 rings (SSSR count). The molecule has 2 aromatic rings. The van der Waals surface area contributed by atoms with Gasteiger partial charge in [-0.2, -0.15) is 0 Å². The molecule has 0 aliphatic carbocycles. The number of aryl methyl sites for hydroxylation is 1. The molecule has 2 unspecified atom stereocenters. The highest BCUT2D eigenvalue weighted by molar-refractivity contribution is 14.0. The van der Waals surface area contributed by atoms with Crippen LogP contribution >= 0.6 is 24.0 Å². The number of ether oxygens (including phenoxy) is 3. The Hall–Kier alpha value is -2.00. The van der Waals surface area contributed by atoms with Crippen LogP contribution < -0.4 is 14.8 Å². The highest BCUT2D eigenvalue weighted by Gasteiger charge is 2.28.